The van der Waals surface area contributed by atoms with Crippen LogP contribution in [0.1, 0.15) is 42.5 Å². The lowest BCUT2D eigenvalue weighted by atomic mass is 9.82. The Morgan fingerprint density at radius 1 is 1.27 bits per heavy atom. The molecule has 0 unspecified atom stereocenters. The van der Waals surface area contributed by atoms with E-state index in [4.69, 9.17) is 5.11 Å². The standard InChI is InChI=1S/C15H19NO5S/c1-22(20,21)13-8-11(15(18)19)7-12(9-13)16-14(17)6-5-10-3-2-4-10/h7-10H,2-6H2,1H3,(H,16,17)(H,18,19). The summed E-state index contributed by atoms with van der Waals surface area (Å²) in [4.78, 5) is 22.8. The van der Waals surface area contributed by atoms with Crippen molar-refractivity contribution in [1.29, 1.82) is 0 Å². The lowest BCUT2D eigenvalue weighted by Crippen LogP contribution is -2.17. The van der Waals surface area contributed by atoms with Crippen molar-refractivity contribution in [2.75, 3.05) is 11.6 Å². The molecule has 1 saturated carbocycles. The van der Waals surface area contributed by atoms with Gasteiger partial charge in [0, 0.05) is 18.4 Å². The number of benzene rings is 1. The van der Waals surface area contributed by atoms with Crippen LogP contribution in [0, 0.1) is 5.92 Å². The van der Waals surface area contributed by atoms with Gasteiger partial charge in [0.25, 0.3) is 0 Å². The summed E-state index contributed by atoms with van der Waals surface area (Å²) in [5.74, 6) is -0.868. The molecule has 2 N–H and O–H groups in total. The monoisotopic (exact) mass is 325 g/mol. The number of carbonyl (C=O) groups excluding carboxylic acids is 1. The smallest absolute Gasteiger partial charge is 0.335 e. The fourth-order valence-electron chi connectivity index (χ4n) is 2.35. The number of hydrogen-bond donors (Lipinski definition) is 2. The fraction of sp³-hybridized carbons (Fsp3) is 0.467. The van der Waals surface area contributed by atoms with Gasteiger partial charge in [-0.1, -0.05) is 19.3 Å². The average Bonchev–Trinajstić information content (AvgIpc) is 2.35. The SMILES string of the molecule is CS(=O)(=O)c1cc(NC(=O)CCC2CCC2)cc(C(=O)O)c1. The minimum Gasteiger partial charge on any atom is -0.478 e. The minimum atomic E-state index is -3.55. The van der Waals surface area contributed by atoms with E-state index in [1.54, 1.807) is 0 Å². The molecular weight excluding hydrogens is 306 g/mol. The predicted molar refractivity (Wildman–Crippen MR) is 81.7 cm³/mol. The highest BCUT2D eigenvalue weighted by molar-refractivity contribution is 7.90. The third-order valence-electron chi connectivity index (χ3n) is 3.87. The Hall–Kier alpha value is -1.89. The first-order chi connectivity index (χ1) is 10.3. The first-order valence-corrected chi connectivity index (χ1v) is 9.03. The molecule has 1 aliphatic carbocycles. The molecule has 6 nitrogen and oxygen atoms in total. The van der Waals surface area contributed by atoms with E-state index in [9.17, 15) is 18.0 Å². The van der Waals surface area contributed by atoms with Crippen LogP contribution in [-0.4, -0.2) is 31.7 Å². The van der Waals surface area contributed by atoms with E-state index >= 15 is 0 Å². The average molecular weight is 325 g/mol. The van der Waals surface area contributed by atoms with Crippen LogP contribution >= 0.6 is 0 Å². The molecule has 1 amide bonds. The van der Waals surface area contributed by atoms with Gasteiger partial charge in [-0.2, -0.15) is 0 Å². The molecule has 1 aliphatic rings. The van der Waals surface area contributed by atoms with Gasteiger partial charge < -0.3 is 10.4 Å². The number of rotatable bonds is 6. The number of aromatic carboxylic acids is 1. The second kappa shape index (κ2) is 6.48. The van der Waals surface area contributed by atoms with Gasteiger partial charge in [0.15, 0.2) is 9.84 Å². The van der Waals surface area contributed by atoms with Crippen molar-refractivity contribution < 1.29 is 23.1 Å². The van der Waals surface area contributed by atoms with Gasteiger partial charge in [0.1, 0.15) is 0 Å². The number of carboxylic acid groups (broad SMARTS) is 1. The molecule has 0 aliphatic heterocycles. The Kier molecular flexibility index (Phi) is 4.85. The third kappa shape index (κ3) is 4.30. The molecule has 120 valence electrons. The second-order valence-electron chi connectivity index (χ2n) is 5.71. The maximum absolute atomic E-state index is 11.9. The largest absolute Gasteiger partial charge is 0.478 e. The molecule has 0 aromatic heterocycles. The van der Waals surface area contributed by atoms with Crippen molar-refractivity contribution >= 4 is 27.4 Å². The van der Waals surface area contributed by atoms with Crippen LogP contribution in [-0.2, 0) is 14.6 Å². The summed E-state index contributed by atoms with van der Waals surface area (Å²) in [5.41, 5.74) is 0.0242. The van der Waals surface area contributed by atoms with E-state index in [2.05, 4.69) is 5.32 Å². The van der Waals surface area contributed by atoms with E-state index < -0.39 is 15.8 Å². The van der Waals surface area contributed by atoms with Crippen LogP contribution in [0.25, 0.3) is 0 Å². The summed E-state index contributed by atoms with van der Waals surface area (Å²) in [5, 5.41) is 11.6. The zero-order valence-electron chi connectivity index (χ0n) is 12.3. The molecule has 0 atom stereocenters. The van der Waals surface area contributed by atoms with Crippen molar-refractivity contribution in [2.24, 2.45) is 5.92 Å². The fourth-order valence-corrected chi connectivity index (χ4v) is 3.03. The van der Waals surface area contributed by atoms with Crippen LogP contribution in [0.15, 0.2) is 23.1 Å². The van der Waals surface area contributed by atoms with Crippen LogP contribution in [0.2, 0.25) is 0 Å². The lowest BCUT2D eigenvalue weighted by molar-refractivity contribution is -0.116. The number of nitrogens with one attached hydrogen (secondary N) is 1. The van der Waals surface area contributed by atoms with Crippen LogP contribution in [0.3, 0.4) is 0 Å². The van der Waals surface area contributed by atoms with Crippen molar-refractivity contribution in [1.82, 2.24) is 0 Å². The van der Waals surface area contributed by atoms with E-state index in [0.717, 1.165) is 31.6 Å². The third-order valence-corrected chi connectivity index (χ3v) is 4.96. The lowest BCUT2D eigenvalue weighted by Gasteiger charge is -2.24. The van der Waals surface area contributed by atoms with E-state index in [1.807, 2.05) is 0 Å². The highest BCUT2D eigenvalue weighted by atomic mass is 32.2. The van der Waals surface area contributed by atoms with E-state index in [-0.39, 0.29) is 22.1 Å². The highest BCUT2D eigenvalue weighted by Crippen LogP contribution is 2.30. The van der Waals surface area contributed by atoms with Crippen molar-refractivity contribution in [3.05, 3.63) is 23.8 Å². The van der Waals surface area contributed by atoms with Crippen molar-refractivity contribution in [2.45, 2.75) is 37.0 Å². The van der Waals surface area contributed by atoms with Gasteiger partial charge >= 0.3 is 5.97 Å². The molecule has 22 heavy (non-hydrogen) atoms. The normalized spacial score (nSPS) is 15.1. The molecule has 0 radical (unpaired) electrons. The van der Waals surface area contributed by atoms with Gasteiger partial charge in [0.2, 0.25) is 5.91 Å². The Bertz CT molecular complexity index is 692. The summed E-state index contributed by atoms with van der Waals surface area (Å²) < 4.78 is 23.2. The minimum absolute atomic E-state index is 0.123. The van der Waals surface area contributed by atoms with Crippen LogP contribution < -0.4 is 5.32 Å². The van der Waals surface area contributed by atoms with E-state index in [1.165, 1.54) is 18.6 Å². The van der Waals surface area contributed by atoms with Gasteiger partial charge in [0.05, 0.1) is 10.5 Å². The summed E-state index contributed by atoms with van der Waals surface area (Å²) in [7, 11) is -3.55. The topological polar surface area (TPSA) is 101 Å². The predicted octanol–water partition coefficient (Wildman–Crippen LogP) is 2.31. The molecule has 0 saturated heterocycles. The molecule has 0 heterocycles. The number of carboxylic acids is 1. The highest BCUT2D eigenvalue weighted by Gasteiger charge is 2.19. The van der Waals surface area contributed by atoms with Gasteiger partial charge in [-0.25, -0.2) is 13.2 Å². The second-order valence-corrected chi connectivity index (χ2v) is 7.72. The Morgan fingerprint density at radius 2 is 1.95 bits per heavy atom. The molecule has 1 aromatic carbocycles. The first-order valence-electron chi connectivity index (χ1n) is 7.14. The maximum atomic E-state index is 11.9. The number of sulfone groups is 1. The van der Waals surface area contributed by atoms with Crippen LogP contribution in [0.5, 0.6) is 0 Å². The Labute approximate surface area is 129 Å². The van der Waals surface area contributed by atoms with Gasteiger partial charge in [-0.3, -0.25) is 4.79 Å². The molecular formula is C15H19NO5S. The number of anilines is 1. The molecule has 0 spiro atoms. The number of amides is 1. The Morgan fingerprint density at radius 3 is 2.45 bits per heavy atom. The quantitative estimate of drug-likeness (QED) is 0.836. The summed E-state index contributed by atoms with van der Waals surface area (Å²) >= 11 is 0. The molecule has 7 heteroatoms. The van der Waals surface area contributed by atoms with Crippen LogP contribution in [0.4, 0.5) is 5.69 Å². The molecule has 1 aromatic rings. The Balaban J connectivity index is 2.13. The van der Waals surface area contributed by atoms with Gasteiger partial charge in [-0.05, 0) is 30.5 Å². The summed E-state index contributed by atoms with van der Waals surface area (Å²) in [6.07, 6.45) is 5.68. The number of carbonyl (C=O) groups is 2. The zero-order valence-corrected chi connectivity index (χ0v) is 13.1. The molecule has 1 fully saturated rings. The zero-order chi connectivity index (χ0) is 16.3. The molecule has 0 bridgehead atoms. The van der Waals surface area contributed by atoms with Crippen molar-refractivity contribution in [3.8, 4) is 0 Å². The van der Waals surface area contributed by atoms with Crippen molar-refractivity contribution in [3.63, 3.8) is 0 Å². The number of hydrogen-bond acceptors (Lipinski definition) is 4. The summed E-state index contributed by atoms with van der Waals surface area (Å²) in [6.45, 7) is 0. The van der Waals surface area contributed by atoms with E-state index in [0.29, 0.717) is 12.3 Å². The van der Waals surface area contributed by atoms with Gasteiger partial charge in [-0.15, -0.1) is 0 Å². The molecule has 2 rings (SSSR count). The maximum Gasteiger partial charge on any atom is 0.335 e. The summed E-state index contributed by atoms with van der Waals surface area (Å²) in [6, 6.07) is 3.63. The first kappa shape index (κ1) is 16.5.